The van der Waals surface area contributed by atoms with Gasteiger partial charge < -0.3 is 9.64 Å². The molecule has 0 N–H and O–H groups in total. The Labute approximate surface area is 128 Å². The second-order valence-corrected chi connectivity index (χ2v) is 5.18. The summed E-state index contributed by atoms with van der Waals surface area (Å²) >= 11 is 6.05. The maximum absolute atomic E-state index is 12.7. The number of pyridine rings is 1. The fourth-order valence-electron chi connectivity index (χ4n) is 1.90. The predicted octanol–water partition coefficient (Wildman–Crippen LogP) is 1.73. The molecule has 112 valence electrons. The zero-order chi connectivity index (χ0) is 15.4. The van der Waals surface area contributed by atoms with Crippen LogP contribution >= 0.6 is 11.6 Å². The van der Waals surface area contributed by atoms with Crippen LogP contribution in [-0.4, -0.2) is 53.2 Å². The minimum Gasteiger partial charge on any atom is -0.493 e. The van der Waals surface area contributed by atoms with Crippen molar-refractivity contribution in [3.8, 4) is 5.75 Å². The van der Waals surface area contributed by atoms with Gasteiger partial charge in [0.05, 0.1) is 24.9 Å². The molecule has 0 aliphatic heterocycles. The summed E-state index contributed by atoms with van der Waals surface area (Å²) in [6.45, 7) is 1.34. The van der Waals surface area contributed by atoms with Crippen molar-refractivity contribution in [2.24, 2.45) is 0 Å². The third-order valence-electron chi connectivity index (χ3n) is 3.02. The van der Waals surface area contributed by atoms with E-state index < -0.39 is 0 Å². The normalized spacial score (nSPS) is 10.9. The van der Waals surface area contributed by atoms with Gasteiger partial charge in [-0.05, 0) is 20.2 Å². The Balaban J connectivity index is 2.39. The molecule has 0 radical (unpaired) electrons. The van der Waals surface area contributed by atoms with E-state index in [1.807, 2.05) is 19.0 Å². The van der Waals surface area contributed by atoms with Gasteiger partial charge in [-0.3, -0.25) is 14.5 Å². The smallest absolute Gasteiger partial charge is 0.216 e. The zero-order valence-electron chi connectivity index (χ0n) is 12.2. The molecule has 2 aromatic heterocycles. The van der Waals surface area contributed by atoms with Crippen LogP contribution in [0.4, 0.5) is 0 Å². The lowest BCUT2D eigenvalue weighted by atomic mass is 10.1. The largest absolute Gasteiger partial charge is 0.493 e. The van der Waals surface area contributed by atoms with Gasteiger partial charge in [0.15, 0.2) is 11.4 Å². The molecule has 21 heavy (non-hydrogen) atoms. The van der Waals surface area contributed by atoms with Gasteiger partial charge in [-0.15, -0.1) is 0 Å². The van der Waals surface area contributed by atoms with E-state index in [2.05, 4.69) is 10.1 Å². The monoisotopic (exact) mass is 308 g/mol. The summed E-state index contributed by atoms with van der Waals surface area (Å²) in [7, 11) is 5.43. The second-order valence-electron chi connectivity index (χ2n) is 4.77. The Morgan fingerprint density at radius 1 is 1.43 bits per heavy atom. The molecule has 2 heterocycles. The summed E-state index contributed by atoms with van der Waals surface area (Å²) in [6.07, 6.45) is 4.52. The molecule has 0 bridgehead atoms. The number of carbonyl (C=O) groups is 1. The average Bonchev–Trinajstić information content (AvgIpc) is 2.87. The number of aromatic nitrogens is 3. The minimum absolute atomic E-state index is 0.226. The van der Waals surface area contributed by atoms with Gasteiger partial charge in [-0.2, -0.15) is 5.10 Å². The highest BCUT2D eigenvalue weighted by atomic mass is 35.5. The van der Waals surface area contributed by atoms with E-state index in [1.54, 1.807) is 10.7 Å². The number of rotatable bonds is 6. The molecule has 0 aliphatic rings. The number of likely N-dealkylation sites (N-methyl/N-ethyl adjacent to an activating group) is 1. The van der Waals surface area contributed by atoms with Crippen molar-refractivity contribution >= 4 is 17.4 Å². The number of halogens is 1. The van der Waals surface area contributed by atoms with Crippen LogP contribution in [0.15, 0.2) is 24.7 Å². The summed E-state index contributed by atoms with van der Waals surface area (Å²) in [6, 6.07) is 1.59. The van der Waals surface area contributed by atoms with Gasteiger partial charge in [0.25, 0.3) is 0 Å². The van der Waals surface area contributed by atoms with Crippen LogP contribution in [-0.2, 0) is 6.54 Å². The Bertz CT molecular complexity index is 640. The molecule has 0 saturated carbocycles. The standard InChI is InChI=1S/C14H17ClN4O2/c1-18(2)6-7-19-13(12(21-3)9-17-19)14(20)10-4-5-16-8-11(10)15/h4-5,8-9H,6-7H2,1-3H3. The van der Waals surface area contributed by atoms with Crippen LogP contribution in [0.5, 0.6) is 5.75 Å². The Hall–Kier alpha value is -1.92. The second kappa shape index (κ2) is 6.69. The number of ketones is 1. The van der Waals surface area contributed by atoms with Crippen LogP contribution in [0.1, 0.15) is 16.1 Å². The fraction of sp³-hybridized carbons (Fsp3) is 0.357. The molecule has 0 unspecified atom stereocenters. The van der Waals surface area contributed by atoms with Crippen molar-refractivity contribution in [1.29, 1.82) is 0 Å². The highest BCUT2D eigenvalue weighted by molar-refractivity contribution is 6.34. The zero-order valence-corrected chi connectivity index (χ0v) is 13.0. The van der Waals surface area contributed by atoms with Gasteiger partial charge in [-0.25, -0.2) is 0 Å². The van der Waals surface area contributed by atoms with Gasteiger partial charge in [-0.1, -0.05) is 11.6 Å². The summed E-state index contributed by atoms with van der Waals surface area (Å²) < 4.78 is 6.88. The lowest BCUT2D eigenvalue weighted by Gasteiger charge is -2.12. The third-order valence-corrected chi connectivity index (χ3v) is 3.32. The van der Waals surface area contributed by atoms with Crippen LogP contribution in [0.3, 0.4) is 0 Å². The van der Waals surface area contributed by atoms with Crippen LogP contribution in [0.2, 0.25) is 5.02 Å². The molecule has 0 saturated heterocycles. The number of methoxy groups -OCH3 is 1. The van der Waals surface area contributed by atoms with Crippen molar-refractivity contribution in [2.75, 3.05) is 27.7 Å². The SMILES string of the molecule is COc1cnn(CCN(C)C)c1C(=O)c1ccncc1Cl. The van der Waals surface area contributed by atoms with Crippen molar-refractivity contribution < 1.29 is 9.53 Å². The van der Waals surface area contributed by atoms with Gasteiger partial charge >= 0.3 is 0 Å². The molecular formula is C14H17ClN4O2. The van der Waals surface area contributed by atoms with E-state index >= 15 is 0 Å². The van der Waals surface area contributed by atoms with Crippen LogP contribution < -0.4 is 4.74 Å². The number of carbonyl (C=O) groups excluding carboxylic acids is 1. The number of nitrogens with zero attached hydrogens (tertiary/aromatic N) is 4. The first kappa shape index (κ1) is 15.5. The summed E-state index contributed by atoms with van der Waals surface area (Å²) in [5, 5.41) is 4.53. The predicted molar refractivity (Wildman–Crippen MR) is 80.0 cm³/mol. The summed E-state index contributed by atoms with van der Waals surface area (Å²) in [5.41, 5.74) is 0.781. The molecule has 6 nitrogen and oxygen atoms in total. The van der Waals surface area contributed by atoms with Gasteiger partial charge in [0.2, 0.25) is 5.78 Å². The number of hydrogen-bond acceptors (Lipinski definition) is 5. The highest BCUT2D eigenvalue weighted by Crippen LogP contribution is 2.24. The molecule has 0 aromatic carbocycles. The van der Waals surface area contributed by atoms with Gasteiger partial charge in [0, 0.05) is 24.5 Å². The van der Waals surface area contributed by atoms with E-state index in [1.165, 1.54) is 25.7 Å². The van der Waals surface area contributed by atoms with E-state index in [4.69, 9.17) is 16.3 Å². The van der Waals surface area contributed by atoms with Crippen molar-refractivity contribution in [1.82, 2.24) is 19.7 Å². The van der Waals surface area contributed by atoms with Crippen molar-refractivity contribution in [3.05, 3.63) is 40.9 Å². The lowest BCUT2D eigenvalue weighted by molar-refractivity contribution is 0.102. The highest BCUT2D eigenvalue weighted by Gasteiger charge is 2.22. The fourth-order valence-corrected chi connectivity index (χ4v) is 2.10. The first-order valence-corrected chi connectivity index (χ1v) is 6.81. The molecule has 2 aromatic rings. The van der Waals surface area contributed by atoms with Gasteiger partial charge in [0.1, 0.15) is 0 Å². The summed E-state index contributed by atoms with van der Waals surface area (Å²) in [5.74, 6) is 0.210. The van der Waals surface area contributed by atoms with Crippen molar-refractivity contribution in [2.45, 2.75) is 6.54 Å². The van der Waals surface area contributed by atoms with E-state index in [0.29, 0.717) is 28.6 Å². The first-order valence-electron chi connectivity index (χ1n) is 6.43. The third kappa shape index (κ3) is 3.40. The minimum atomic E-state index is -0.226. The summed E-state index contributed by atoms with van der Waals surface area (Å²) in [4.78, 5) is 18.6. The van der Waals surface area contributed by atoms with E-state index in [9.17, 15) is 4.79 Å². The molecule has 0 fully saturated rings. The van der Waals surface area contributed by atoms with E-state index in [0.717, 1.165) is 6.54 Å². The molecule has 2 rings (SSSR count). The maximum atomic E-state index is 12.7. The Kier molecular flexibility index (Phi) is 4.93. The number of hydrogen-bond donors (Lipinski definition) is 0. The average molecular weight is 309 g/mol. The molecular weight excluding hydrogens is 292 g/mol. The topological polar surface area (TPSA) is 60.2 Å². The quantitative estimate of drug-likeness (QED) is 0.761. The Morgan fingerprint density at radius 2 is 2.19 bits per heavy atom. The van der Waals surface area contributed by atoms with E-state index in [-0.39, 0.29) is 5.78 Å². The van der Waals surface area contributed by atoms with Crippen molar-refractivity contribution in [3.63, 3.8) is 0 Å². The molecule has 0 atom stereocenters. The molecule has 7 heteroatoms. The molecule has 0 aliphatic carbocycles. The Morgan fingerprint density at radius 3 is 2.81 bits per heavy atom. The number of ether oxygens (including phenoxy) is 1. The molecule has 0 amide bonds. The lowest BCUT2D eigenvalue weighted by Crippen LogP contribution is -2.22. The van der Waals surface area contributed by atoms with Crippen LogP contribution in [0, 0.1) is 0 Å². The maximum Gasteiger partial charge on any atom is 0.216 e. The molecule has 0 spiro atoms. The first-order chi connectivity index (χ1) is 10.0. The van der Waals surface area contributed by atoms with Crippen LogP contribution in [0.25, 0.3) is 0 Å².